The fourth-order valence-corrected chi connectivity index (χ4v) is 7.00. The van der Waals surface area contributed by atoms with Gasteiger partial charge in [0.05, 0.1) is 37.9 Å². The number of aromatic nitrogens is 5. The van der Waals surface area contributed by atoms with Gasteiger partial charge in [0.25, 0.3) is 5.91 Å². The van der Waals surface area contributed by atoms with Gasteiger partial charge in [-0.2, -0.15) is 0 Å². The molecule has 6 rings (SSSR count). The number of rotatable bonds is 3. The van der Waals surface area contributed by atoms with Crippen molar-refractivity contribution in [3.8, 4) is 0 Å². The summed E-state index contributed by atoms with van der Waals surface area (Å²) in [5.41, 5.74) is 13.1. The average molecular weight is 597 g/mol. The maximum absolute atomic E-state index is 12.8. The molecule has 6 unspecified atom stereocenters. The first-order chi connectivity index (χ1) is 18.9. The predicted octanol–water partition coefficient (Wildman–Crippen LogP) is 2.08. The number of anilines is 1. The van der Waals surface area contributed by atoms with Gasteiger partial charge in [-0.25, -0.2) is 15.0 Å². The summed E-state index contributed by atoms with van der Waals surface area (Å²) in [6.07, 6.45) is 1.95. The second-order valence-corrected chi connectivity index (χ2v) is 12.0. The fourth-order valence-electron chi connectivity index (χ4n) is 4.79. The average Bonchev–Trinajstić information content (AvgIpc) is 3.63. The van der Waals surface area contributed by atoms with Crippen molar-refractivity contribution in [3.05, 3.63) is 42.2 Å². The van der Waals surface area contributed by atoms with E-state index in [1.165, 1.54) is 12.5 Å². The Morgan fingerprint density at radius 1 is 1.10 bits per heavy atom. The molecule has 3 aromatic rings. The van der Waals surface area contributed by atoms with Crippen molar-refractivity contribution in [2.24, 2.45) is 5.73 Å². The molecule has 3 fully saturated rings. The molecule has 3 aromatic heterocycles. The zero-order chi connectivity index (χ0) is 27.1. The Bertz CT molecular complexity index is 1400. The topological polar surface area (TPSA) is 198 Å². The molecule has 0 aliphatic carbocycles. The lowest BCUT2D eigenvalue weighted by Gasteiger charge is -2.25. The molecule has 18 heteroatoms. The molecule has 0 bridgehead atoms. The van der Waals surface area contributed by atoms with Crippen LogP contribution in [-0.4, -0.2) is 68.0 Å². The third kappa shape index (κ3) is 5.67. The van der Waals surface area contributed by atoms with Gasteiger partial charge in [-0.05, 0) is 17.7 Å². The lowest BCUT2D eigenvalue weighted by molar-refractivity contribution is -0.0439. The molecule has 0 aromatic carbocycles. The molecule has 3 aliphatic rings. The molecular weight excluding hydrogens is 572 g/mol. The summed E-state index contributed by atoms with van der Waals surface area (Å²) in [5, 5.41) is 0. The number of carbonyl (C=O) groups excluding carboxylic acids is 1. The van der Waals surface area contributed by atoms with Crippen molar-refractivity contribution in [2.75, 3.05) is 18.9 Å². The molecule has 1 amide bonds. The van der Waals surface area contributed by atoms with E-state index in [1.807, 2.05) is 0 Å². The van der Waals surface area contributed by atoms with Crippen LogP contribution in [0, 0.1) is 0 Å². The number of pyridine rings is 1. The maximum Gasteiger partial charge on any atom is 0.319 e. The Hall–Kier alpha value is -2.26. The number of imidazole rings is 1. The van der Waals surface area contributed by atoms with Crippen LogP contribution in [0.1, 0.15) is 41.2 Å². The summed E-state index contributed by atoms with van der Waals surface area (Å²) in [5.74, 6) is -0.385. The highest BCUT2D eigenvalue weighted by molar-refractivity contribution is 8.41. The number of ether oxygens (including phenoxy) is 2. The third-order valence-electron chi connectivity index (χ3n) is 6.67. The van der Waals surface area contributed by atoms with E-state index in [0.717, 1.165) is 0 Å². The molecule has 39 heavy (non-hydrogen) atoms. The number of thiol groups is 1. The van der Waals surface area contributed by atoms with Crippen LogP contribution in [0.5, 0.6) is 0 Å². The molecule has 4 N–H and O–H groups in total. The molecule has 208 valence electrons. The fraction of sp³-hybridized carbons (Fsp3) is 0.476. The number of amides is 1. The van der Waals surface area contributed by atoms with E-state index in [9.17, 15) is 9.36 Å². The van der Waals surface area contributed by atoms with E-state index < -0.39 is 58.5 Å². The standard InChI is InChI=1S/C21H25N7O8P2S/c22-19-18-21(26-8-25-19)28(9-27-18)17-5-14-16(34-17)7-32-38(39)36-13-4-12(33-15(13)6-31-37(30)35-14)10-1-2-24-11(3-10)20(23)29/h1-3,8-9,12-17,37,39H,4-7H2,(H2,23,29)(H2,22,25,26)/t12?,13-,14-,15?,16?,17?,38?/m0/s1. The quantitative estimate of drug-likeness (QED) is 0.293. The van der Waals surface area contributed by atoms with Crippen molar-refractivity contribution >= 4 is 51.0 Å². The van der Waals surface area contributed by atoms with E-state index >= 15 is 0 Å². The van der Waals surface area contributed by atoms with Gasteiger partial charge in [0.1, 0.15) is 36.0 Å². The summed E-state index contributed by atoms with van der Waals surface area (Å²) in [4.78, 5) is 28.0. The van der Waals surface area contributed by atoms with Crippen molar-refractivity contribution in [2.45, 2.75) is 49.6 Å². The van der Waals surface area contributed by atoms with Gasteiger partial charge < -0.3 is 39.0 Å². The number of nitrogens with zero attached hydrogens (tertiary/aromatic N) is 5. The smallest absolute Gasteiger partial charge is 0.319 e. The molecule has 8 atom stereocenters. The SMILES string of the molecule is NC(=O)c1cc(C2C[C@@H]3OP(S)OCC4OC(n5cnc6c(N)ncnc65)C[C@@H]4O[PH](=O)OCC3O2)ccn1. The van der Waals surface area contributed by atoms with Crippen LogP contribution in [0.25, 0.3) is 11.2 Å². The van der Waals surface area contributed by atoms with E-state index in [4.69, 9.17) is 39.0 Å². The Labute approximate surface area is 228 Å². The number of hydrogen-bond acceptors (Lipinski definition) is 14. The lowest BCUT2D eigenvalue weighted by atomic mass is 10.0. The van der Waals surface area contributed by atoms with Crippen LogP contribution >= 0.6 is 28.1 Å². The van der Waals surface area contributed by atoms with E-state index in [1.54, 1.807) is 23.0 Å². The van der Waals surface area contributed by atoms with Gasteiger partial charge in [-0.15, -0.1) is 0 Å². The number of nitrogens with two attached hydrogens (primary N) is 2. The second-order valence-electron chi connectivity index (χ2n) is 9.08. The molecule has 0 radical (unpaired) electrons. The van der Waals surface area contributed by atoms with E-state index in [-0.39, 0.29) is 24.7 Å². The summed E-state index contributed by atoms with van der Waals surface area (Å²) < 4.78 is 50.3. The summed E-state index contributed by atoms with van der Waals surface area (Å²) in [6.45, 7) is 0.0248. The highest BCUT2D eigenvalue weighted by atomic mass is 32.7. The summed E-state index contributed by atoms with van der Waals surface area (Å²) >= 11 is 4.51. The molecule has 0 saturated carbocycles. The van der Waals surface area contributed by atoms with Crippen molar-refractivity contribution < 1.29 is 36.9 Å². The predicted molar refractivity (Wildman–Crippen MR) is 140 cm³/mol. The molecule has 3 aliphatic heterocycles. The lowest BCUT2D eigenvalue weighted by Crippen LogP contribution is -2.30. The normalized spacial score (nSPS) is 33.7. The molecule has 6 heterocycles. The number of fused-ring (bicyclic) bond motifs is 3. The minimum Gasteiger partial charge on any atom is -0.382 e. The number of hydrogen-bond donors (Lipinski definition) is 3. The van der Waals surface area contributed by atoms with Gasteiger partial charge in [0.2, 0.25) is 7.58 Å². The third-order valence-corrected chi connectivity index (χ3v) is 9.02. The maximum atomic E-state index is 12.8. The Balaban J connectivity index is 1.16. The van der Waals surface area contributed by atoms with Gasteiger partial charge in [-0.3, -0.25) is 18.9 Å². The van der Waals surface area contributed by atoms with E-state index in [2.05, 4.69) is 32.2 Å². The van der Waals surface area contributed by atoms with Crippen LogP contribution in [0.2, 0.25) is 0 Å². The monoisotopic (exact) mass is 597 g/mol. The van der Waals surface area contributed by atoms with Gasteiger partial charge in [0.15, 0.2) is 11.5 Å². The Kier molecular flexibility index (Phi) is 7.82. The second kappa shape index (κ2) is 11.3. The molecule has 0 spiro atoms. The highest BCUT2D eigenvalue weighted by Gasteiger charge is 2.43. The first-order valence-electron chi connectivity index (χ1n) is 12.0. The first kappa shape index (κ1) is 26.9. The Morgan fingerprint density at radius 2 is 1.95 bits per heavy atom. The van der Waals surface area contributed by atoms with Crippen molar-refractivity contribution in [1.29, 1.82) is 0 Å². The zero-order valence-electron chi connectivity index (χ0n) is 20.2. The minimum atomic E-state index is -2.94. The van der Waals surface area contributed by atoms with Crippen molar-refractivity contribution in [1.82, 2.24) is 24.5 Å². The summed E-state index contributed by atoms with van der Waals surface area (Å²) in [7, 11) is -4.57. The van der Waals surface area contributed by atoms with Gasteiger partial charge >= 0.3 is 8.25 Å². The highest BCUT2D eigenvalue weighted by Crippen LogP contribution is 2.50. The van der Waals surface area contributed by atoms with Crippen LogP contribution in [0.15, 0.2) is 31.0 Å². The Morgan fingerprint density at radius 3 is 2.79 bits per heavy atom. The van der Waals surface area contributed by atoms with E-state index in [0.29, 0.717) is 29.6 Å². The van der Waals surface area contributed by atoms with Crippen LogP contribution in [0.4, 0.5) is 5.82 Å². The summed E-state index contributed by atoms with van der Waals surface area (Å²) in [6, 6.07) is 3.31. The van der Waals surface area contributed by atoms with Crippen LogP contribution < -0.4 is 11.5 Å². The van der Waals surface area contributed by atoms with Crippen molar-refractivity contribution in [3.63, 3.8) is 0 Å². The molecular formula is C21H25N7O8P2S. The number of primary amides is 1. The zero-order valence-corrected chi connectivity index (χ0v) is 23.0. The number of nitrogen functional groups attached to an aromatic ring is 1. The van der Waals surface area contributed by atoms with Gasteiger partial charge in [-0.1, -0.05) is 12.2 Å². The van der Waals surface area contributed by atoms with Gasteiger partial charge in [0, 0.05) is 19.0 Å². The minimum absolute atomic E-state index is 0.0479. The first-order valence-corrected chi connectivity index (χ1v) is 15.5. The number of carbonyl (C=O) groups is 1. The van der Waals surface area contributed by atoms with Crippen LogP contribution in [0.3, 0.4) is 0 Å². The molecule has 3 saturated heterocycles. The van der Waals surface area contributed by atoms with Crippen LogP contribution in [-0.2, 0) is 32.1 Å². The molecule has 15 nitrogen and oxygen atoms in total. The largest absolute Gasteiger partial charge is 0.382 e.